The lowest BCUT2D eigenvalue weighted by atomic mass is 9.84. The minimum Gasteiger partial charge on any atom is -0.450 e. The highest BCUT2D eigenvalue weighted by atomic mass is 35.5. The zero-order chi connectivity index (χ0) is 28.5. The monoisotopic (exact) mass is 600 g/mol. The highest BCUT2D eigenvalue weighted by molar-refractivity contribution is 8.00. The number of amides is 2. The van der Waals surface area contributed by atoms with Gasteiger partial charge in [0, 0.05) is 22.9 Å². The van der Waals surface area contributed by atoms with Crippen molar-refractivity contribution < 1.29 is 14.0 Å². The van der Waals surface area contributed by atoms with Crippen molar-refractivity contribution in [1.29, 1.82) is 0 Å². The molecule has 0 aliphatic carbocycles. The van der Waals surface area contributed by atoms with Gasteiger partial charge >= 0.3 is 0 Å². The number of nitrogens with zero attached hydrogens (tertiary/aromatic N) is 4. The van der Waals surface area contributed by atoms with Crippen molar-refractivity contribution in [3.63, 3.8) is 0 Å². The number of halogens is 1. The van der Waals surface area contributed by atoms with Crippen LogP contribution in [0.1, 0.15) is 39.7 Å². The number of benzene rings is 3. The van der Waals surface area contributed by atoms with Crippen LogP contribution in [0, 0.1) is 6.92 Å². The van der Waals surface area contributed by atoms with Crippen LogP contribution in [0.3, 0.4) is 0 Å². The maximum Gasteiger partial charge on any atom is 0.297 e. The Kier molecular flexibility index (Phi) is 6.04. The van der Waals surface area contributed by atoms with E-state index in [1.54, 1.807) is 29.2 Å². The number of rotatable bonds is 5. The van der Waals surface area contributed by atoms with Crippen LogP contribution in [0.15, 0.2) is 80.3 Å². The van der Waals surface area contributed by atoms with Gasteiger partial charge in [-0.3, -0.25) is 19.3 Å². The molecule has 1 unspecified atom stereocenters. The number of aromatic nitrogens is 2. The first-order valence-electron chi connectivity index (χ1n) is 12.9. The molecule has 0 saturated heterocycles. The Morgan fingerprint density at radius 2 is 1.80 bits per heavy atom. The summed E-state index contributed by atoms with van der Waals surface area (Å²) in [5.74, 6) is -0.552. The molecule has 0 bridgehead atoms. The van der Waals surface area contributed by atoms with Gasteiger partial charge in [-0.25, -0.2) is 0 Å². The van der Waals surface area contributed by atoms with Gasteiger partial charge in [-0.05, 0) is 49.7 Å². The minimum absolute atomic E-state index is 0.0135. The second-order valence-corrected chi connectivity index (χ2v) is 12.4. The molecule has 0 fully saturated rings. The molecule has 11 heteroatoms. The number of hydrogen-bond donors (Lipinski definition) is 0. The number of carbonyl (C=O) groups is 2. The first-order valence-corrected chi connectivity index (χ1v) is 15.1. The quantitative estimate of drug-likeness (QED) is 0.176. The second kappa shape index (κ2) is 9.54. The first kappa shape index (κ1) is 25.9. The van der Waals surface area contributed by atoms with Crippen LogP contribution in [-0.2, 0) is 16.1 Å². The van der Waals surface area contributed by atoms with Gasteiger partial charge in [-0.1, -0.05) is 76.7 Å². The Balaban J connectivity index is 1.43. The van der Waals surface area contributed by atoms with E-state index in [2.05, 4.69) is 10.2 Å². The number of para-hydroxylation sites is 1. The highest BCUT2D eigenvalue weighted by Crippen LogP contribution is 2.54. The Morgan fingerprint density at radius 3 is 2.59 bits per heavy atom. The standard InChI is InChI=1S/C30H21ClN4O4S2/c1-3-34-21-7-5-4-6-20(21)30(27(34)38)23-24(36)19-14-16(2)8-13-22(19)39-25(23)26(37)35(30)28-32-33-29(41-28)40-15-17-9-11-18(31)12-10-17/h4-14H,3,15H2,1-2H3. The van der Waals surface area contributed by atoms with E-state index in [-0.39, 0.29) is 22.0 Å². The predicted molar refractivity (Wildman–Crippen MR) is 160 cm³/mol. The molecule has 0 N–H and O–H groups in total. The van der Waals surface area contributed by atoms with Gasteiger partial charge in [0.1, 0.15) is 5.58 Å². The van der Waals surface area contributed by atoms with Crippen LogP contribution in [-0.4, -0.2) is 28.6 Å². The fourth-order valence-electron chi connectivity index (χ4n) is 5.67. The summed E-state index contributed by atoms with van der Waals surface area (Å²) in [6.07, 6.45) is 0. The molecule has 204 valence electrons. The molecule has 8 nitrogen and oxygen atoms in total. The van der Waals surface area contributed by atoms with Gasteiger partial charge in [-0.2, -0.15) is 0 Å². The first-order chi connectivity index (χ1) is 19.8. The normalized spacial score (nSPS) is 17.6. The molecule has 4 heterocycles. The lowest BCUT2D eigenvalue weighted by molar-refractivity contribution is -0.121. The van der Waals surface area contributed by atoms with Crippen molar-refractivity contribution in [2.24, 2.45) is 0 Å². The summed E-state index contributed by atoms with van der Waals surface area (Å²) in [6.45, 7) is 4.09. The van der Waals surface area contributed by atoms with Crippen LogP contribution in [0.5, 0.6) is 0 Å². The second-order valence-electron chi connectivity index (χ2n) is 9.82. The number of fused-ring (bicyclic) bond motifs is 5. The summed E-state index contributed by atoms with van der Waals surface area (Å²) in [6, 6.07) is 20.0. The van der Waals surface area contributed by atoms with Crippen molar-refractivity contribution in [2.75, 3.05) is 16.3 Å². The van der Waals surface area contributed by atoms with E-state index in [1.165, 1.54) is 28.0 Å². The van der Waals surface area contributed by atoms with E-state index in [1.807, 2.05) is 56.3 Å². The van der Waals surface area contributed by atoms with E-state index in [9.17, 15) is 14.4 Å². The average Bonchev–Trinajstić information content (AvgIpc) is 3.61. The molecular weight excluding hydrogens is 580 g/mol. The third kappa shape index (κ3) is 3.71. The van der Waals surface area contributed by atoms with Crippen LogP contribution in [0.2, 0.25) is 5.02 Å². The zero-order valence-electron chi connectivity index (χ0n) is 21.9. The molecular formula is C30H21ClN4O4S2. The molecule has 2 aromatic heterocycles. The lowest BCUT2D eigenvalue weighted by Crippen LogP contribution is -2.53. The van der Waals surface area contributed by atoms with Crippen molar-refractivity contribution in [2.45, 2.75) is 29.5 Å². The molecule has 2 aliphatic rings. The number of thioether (sulfide) groups is 1. The van der Waals surface area contributed by atoms with Crippen LogP contribution in [0.4, 0.5) is 10.8 Å². The molecule has 7 rings (SSSR count). The van der Waals surface area contributed by atoms with Crippen molar-refractivity contribution in [3.8, 4) is 0 Å². The summed E-state index contributed by atoms with van der Waals surface area (Å²) in [5.41, 5.74) is 1.19. The van der Waals surface area contributed by atoms with Crippen molar-refractivity contribution in [3.05, 3.63) is 110 Å². The molecule has 0 saturated carbocycles. The number of anilines is 2. The summed E-state index contributed by atoms with van der Waals surface area (Å²) in [7, 11) is 0. The van der Waals surface area contributed by atoms with Crippen LogP contribution >= 0.6 is 34.7 Å². The summed E-state index contributed by atoms with van der Waals surface area (Å²) in [4.78, 5) is 45.9. The molecule has 41 heavy (non-hydrogen) atoms. The van der Waals surface area contributed by atoms with E-state index in [0.29, 0.717) is 38.3 Å². The fraction of sp³-hybridized carbons (Fsp3) is 0.167. The molecule has 5 aromatic rings. The largest absolute Gasteiger partial charge is 0.450 e. The third-order valence-electron chi connectivity index (χ3n) is 7.46. The molecule has 2 aliphatic heterocycles. The average molecular weight is 601 g/mol. The highest BCUT2D eigenvalue weighted by Gasteiger charge is 2.66. The molecule has 2 amide bonds. The van der Waals surface area contributed by atoms with Gasteiger partial charge in [0.05, 0.1) is 16.6 Å². The number of likely N-dealkylation sites (N-methyl/N-ethyl adjacent to an activating group) is 1. The lowest BCUT2D eigenvalue weighted by Gasteiger charge is -2.31. The summed E-state index contributed by atoms with van der Waals surface area (Å²) < 4.78 is 6.73. The Labute approximate surface area is 247 Å². The maximum atomic E-state index is 14.5. The van der Waals surface area contributed by atoms with Gasteiger partial charge < -0.3 is 9.32 Å². The van der Waals surface area contributed by atoms with E-state index in [4.69, 9.17) is 16.0 Å². The zero-order valence-corrected chi connectivity index (χ0v) is 24.3. The smallest absolute Gasteiger partial charge is 0.297 e. The van der Waals surface area contributed by atoms with E-state index >= 15 is 0 Å². The maximum absolute atomic E-state index is 14.5. The Morgan fingerprint density at radius 1 is 1.02 bits per heavy atom. The Bertz CT molecular complexity index is 1950. The topological polar surface area (TPSA) is 96.6 Å². The number of aryl methyl sites for hydroxylation is 1. The number of carbonyl (C=O) groups excluding carboxylic acids is 2. The van der Waals surface area contributed by atoms with Gasteiger partial charge in [0.25, 0.3) is 11.8 Å². The fourth-order valence-corrected chi connectivity index (χ4v) is 7.64. The van der Waals surface area contributed by atoms with E-state index < -0.39 is 22.8 Å². The van der Waals surface area contributed by atoms with E-state index in [0.717, 1.165) is 11.1 Å². The number of hydrogen-bond acceptors (Lipinski definition) is 8. The van der Waals surface area contributed by atoms with Gasteiger partial charge in [-0.15, -0.1) is 10.2 Å². The summed E-state index contributed by atoms with van der Waals surface area (Å²) in [5, 5.41) is 9.88. The van der Waals surface area contributed by atoms with Crippen LogP contribution < -0.4 is 15.2 Å². The predicted octanol–water partition coefficient (Wildman–Crippen LogP) is 6.17. The molecule has 0 radical (unpaired) electrons. The molecule has 3 aromatic carbocycles. The summed E-state index contributed by atoms with van der Waals surface area (Å²) >= 11 is 8.66. The Hall–Kier alpha value is -3.99. The van der Waals surface area contributed by atoms with Gasteiger partial charge in [0.15, 0.2) is 15.3 Å². The third-order valence-corrected chi connectivity index (χ3v) is 9.82. The van der Waals surface area contributed by atoms with Crippen molar-refractivity contribution >= 4 is 68.3 Å². The minimum atomic E-state index is -1.77. The SMILES string of the molecule is CCN1C(=O)C2(c3ccccc31)c1c(oc3ccc(C)cc3c1=O)C(=O)N2c1nnc(SCc2ccc(Cl)cc2)s1. The molecule has 1 spiro atoms. The van der Waals surface area contributed by atoms with Crippen molar-refractivity contribution in [1.82, 2.24) is 10.2 Å². The van der Waals surface area contributed by atoms with Crippen LogP contribution in [0.25, 0.3) is 11.0 Å². The van der Waals surface area contributed by atoms with Gasteiger partial charge in [0.2, 0.25) is 10.9 Å². The molecule has 1 atom stereocenters.